The Balaban J connectivity index is 1.86. The van der Waals surface area contributed by atoms with E-state index in [9.17, 15) is 8.42 Å². The van der Waals surface area contributed by atoms with Crippen molar-refractivity contribution in [2.75, 3.05) is 0 Å². The van der Waals surface area contributed by atoms with Gasteiger partial charge in [-0.25, -0.2) is 9.98 Å². The fourth-order valence-corrected chi connectivity index (χ4v) is 4.01. The molecular weight excluding hydrogens is 356 g/mol. The molecule has 0 fully saturated rings. The molecule has 0 radical (unpaired) electrons. The highest BCUT2D eigenvalue weighted by molar-refractivity contribution is 7.85. The lowest BCUT2D eigenvalue weighted by molar-refractivity contribution is 0.483. The van der Waals surface area contributed by atoms with Crippen LogP contribution in [0.3, 0.4) is 0 Å². The van der Waals surface area contributed by atoms with E-state index in [2.05, 4.69) is 9.98 Å². The van der Waals surface area contributed by atoms with Gasteiger partial charge >= 0.3 is 0 Å². The van der Waals surface area contributed by atoms with Crippen molar-refractivity contribution in [3.8, 4) is 10.6 Å². The molecule has 2 aromatic carbocycles. The maximum absolute atomic E-state index is 11.2. The summed E-state index contributed by atoms with van der Waals surface area (Å²) in [4.78, 5) is 9.89. The zero-order chi connectivity index (χ0) is 17.4. The first-order chi connectivity index (χ1) is 12.0. The zero-order valence-electron chi connectivity index (χ0n) is 12.8. The first-order valence-electron chi connectivity index (χ1n) is 7.41. The SMILES string of the molecule is O=S(=O)(O)c1cccc(N=c2ccc3nc4ccccc4sc-3c2)c1. The molecule has 0 saturated heterocycles. The van der Waals surface area contributed by atoms with E-state index >= 15 is 0 Å². The van der Waals surface area contributed by atoms with E-state index < -0.39 is 10.1 Å². The van der Waals surface area contributed by atoms with Gasteiger partial charge in [0.15, 0.2) is 0 Å². The van der Waals surface area contributed by atoms with Crippen LogP contribution in [-0.4, -0.2) is 18.0 Å². The van der Waals surface area contributed by atoms with Crippen molar-refractivity contribution >= 4 is 37.4 Å². The third kappa shape index (κ3) is 3.30. The fourth-order valence-electron chi connectivity index (χ4n) is 2.49. The van der Waals surface area contributed by atoms with E-state index in [4.69, 9.17) is 4.55 Å². The standard InChI is InChI=1S/C18H12N2O3S2/c21-25(22,23)14-5-3-4-12(10-14)19-13-8-9-16-18(11-13)24-17-7-2-1-6-15(17)20-16/h1-11H,(H,21,22,23). The van der Waals surface area contributed by atoms with Gasteiger partial charge in [-0.3, -0.25) is 4.55 Å². The fraction of sp³-hybridized carbons (Fsp3) is 0. The number of aromatic nitrogens is 1. The molecule has 1 N–H and O–H groups in total. The van der Waals surface area contributed by atoms with Gasteiger partial charge < -0.3 is 0 Å². The van der Waals surface area contributed by atoms with Gasteiger partial charge in [0.2, 0.25) is 0 Å². The summed E-state index contributed by atoms with van der Waals surface area (Å²) in [6, 6.07) is 19.5. The van der Waals surface area contributed by atoms with Gasteiger partial charge in [-0.15, -0.1) is 11.3 Å². The molecule has 5 nitrogen and oxygen atoms in total. The summed E-state index contributed by atoms with van der Waals surface area (Å²) in [5.74, 6) is 0. The number of fused-ring (bicyclic) bond motifs is 2. The number of para-hydroxylation sites is 1. The first-order valence-corrected chi connectivity index (χ1v) is 9.67. The van der Waals surface area contributed by atoms with Crippen molar-refractivity contribution in [1.82, 2.24) is 4.98 Å². The number of hydrogen-bond acceptors (Lipinski definition) is 5. The van der Waals surface area contributed by atoms with Crippen LogP contribution in [0.4, 0.5) is 5.69 Å². The van der Waals surface area contributed by atoms with Crippen molar-refractivity contribution in [2.45, 2.75) is 4.90 Å². The second kappa shape index (κ2) is 6.03. The molecule has 7 heteroatoms. The number of nitrogens with zero attached hydrogens (tertiary/aromatic N) is 2. The van der Waals surface area contributed by atoms with Crippen LogP contribution in [0.5, 0.6) is 0 Å². The Morgan fingerprint density at radius 2 is 1.80 bits per heavy atom. The molecule has 2 aromatic rings. The maximum Gasteiger partial charge on any atom is 0.294 e. The van der Waals surface area contributed by atoms with Crippen molar-refractivity contribution < 1.29 is 13.0 Å². The van der Waals surface area contributed by atoms with Crippen molar-refractivity contribution in [3.05, 3.63) is 72.1 Å². The van der Waals surface area contributed by atoms with Crippen molar-refractivity contribution in [2.24, 2.45) is 4.99 Å². The van der Waals surface area contributed by atoms with Crippen LogP contribution >= 0.6 is 11.3 Å². The van der Waals surface area contributed by atoms with Gasteiger partial charge in [0, 0.05) is 0 Å². The summed E-state index contributed by atoms with van der Waals surface area (Å²) < 4.78 is 32.7. The van der Waals surface area contributed by atoms with E-state index in [0.29, 0.717) is 11.0 Å². The Hall–Kier alpha value is -2.61. The topological polar surface area (TPSA) is 79.6 Å². The minimum Gasteiger partial charge on any atom is -0.282 e. The Kier molecular flexibility index (Phi) is 3.84. The molecule has 1 aliphatic carbocycles. The molecule has 2 aliphatic rings. The highest BCUT2D eigenvalue weighted by Gasteiger charge is 2.09. The average molecular weight is 368 g/mol. The average Bonchev–Trinajstić information content (AvgIpc) is 2.59. The lowest BCUT2D eigenvalue weighted by atomic mass is 10.2. The minimum atomic E-state index is -4.24. The second-order valence-electron chi connectivity index (χ2n) is 5.42. The van der Waals surface area contributed by atoms with Crippen LogP contribution in [0.1, 0.15) is 0 Å². The van der Waals surface area contributed by atoms with Crippen LogP contribution in [0.15, 0.2) is 76.6 Å². The summed E-state index contributed by atoms with van der Waals surface area (Å²) >= 11 is 1.63. The summed E-state index contributed by atoms with van der Waals surface area (Å²) in [5, 5.41) is 0.688. The van der Waals surface area contributed by atoms with E-state index in [1.165, 1.54) is 12.1 Å². The molecule has 0 saturated carbocycles. The van der Waals surface area contributed by atoms with E-state index in [1.807, 2.05) is 42.5 Å². The normalized spacial score (nSPS) is 12.8. The van der Waals surface area contributed by atoms with Gasteiger partial charge in [-0.05, 0) is 48.5 Å². The molecule has 0 amide bonds. The van der Waals surface area contributed by atoms with Gasteiger partial charge in [0.25, 0.3) is 10.1 Å². The third-order valence-corrected chi connectivity index (χ3v) is 5.60. The Morgan fingerprint density at radius 1 is 0.960 bits per heavy atom. The van der Waals surface area contributed by atoms with Gasteiger partial charge in [0.1, 0.15) is 0 Å². The number of hydrogen-bond donors (Lipinski definition) is 1. The largest absolute Gasteiger partial charge is 0.294 e. The van der Waals surface area contributed by atoms with Crippen LogP contribution in [0.2, 0.25) is 0 Å². The predicted molar refractivity (Wildman–Crippen MR) is 97.7 cm³/mol. The molecule has 0 bridgehead atoms. The van der Waals surface area contributed by atoms with Crippen LogP contribution in [0, 0.1) is 0 Å². The van der Waals surface area contributed by atoms with Crippen LogP contribution < -0.4 is 5.36 Å². The first kappa shape index (κ1) is 15.9. The van der Waals surface area contributed by atoms with Crippen LogP contribution in [0.25, 0.3) is 20.8 Å². The molecule has 0 aromatic heterocycles. The molecule has 25 heavy (non-hydrogen) atoms. The van der Waals surface area contributed by atoms with E-state index in [1.54, 1.807) is 23.5 Å². The molecule has 0 spiro atoms. The lowest BCUT2D eigenvalue weighted by Crippen LogP contribution is -2.01. The summed E-state index contributed by atoms with van der Waals surface area (Å²) in [6.45, 7) is 0. The molecule has 0 atom stereocenters. The molecule has 1 heterocycles. The lowest BCUT2D eigenvalue weighted by Gasteiger charge is -2.05. The molecule has 1 aliphatic heterocycles. The van der Waals surface area contributed by atoms with Gasteiger partial charge in [-0.2, -0.15) is 8.42 Å². The molecule has 124 valence electrons. The van der Waals surface area contributed by atoms with Crippen molar-refractivity contribution in [3.63, 3.8) is 0 Å². The van der Waals surface area contributed by atoms with E-state index in [-0.39, 0.29) is 4.90 Å². The van der Waals surface area contributed by atoms with E-state index in [0.717, 1.165) is 20.8 Å². The summed E-state index contributed by atoms with van der Waals surface area (Å²) in [6.07, 6.45) is 0. The van der Waals surface area contributed by atoms with Gasteiger partial charge in [-0.1, -0.05) is 18.2 Å². The van der Waals surface area contributed by atoms with Gasteiger partial charge in [0.05, 0.1) is 36.7 Å². The molecule has 4 rings (SSSR count). The smallest absolute Gasteiger partial charge is 0.282 e. The zero-order valence-corrected chi connectivity index (χ0v) is 14.5. The Bertz CT molecular complexity index is 1230. The molecule has 0 unspecified atom stereocenters. The monoisotopic (exact) mass is 368 g/mol. The number of rotatable bonds is 2. The van der Waals surface area contributed by atoms with Crippen molar-refractivity contribution in [1.29, 1.82) is 0 Å². The highest BCUT2D eigenvalue weighted by atomic mass is 32.2. The molecular formula is C18H12N2O3S2. The maximum atomic E-state index is 11.2. The second-order valence-corrected chi connectivity index (χ2v) is 7.92. The highest BCUT2D eigenvalue weighted by Crippen LogP contribution is 2.29. The summed E-state index contributed by atoms with van der Waals surface area (Å²) in [7, 11) is -4.24. The summed E-state index contributed by atoms with van der Waals surface area (Å²) in [5.41, 5.74) is 2.29. The quantitative estimate of drug-likeness (QED) is 0.430. The Morgan fingerprint density at radius 3 is 2.64 bits per heavy atom. The Labute approximate surface area is 148 Å². The number of benzene rings is 3. The van der Waals surface area contributed by atoms with Crippen LogP contribution in [-0.2, 0) is 10.1 Å². The predicted octanol–water partition coefficient (Wildman–Crippen LogP) is 3.88. The minimum absolute atomic E-state index is 0.176. The third-order valence-electron chi connectivity index (χ3n) is 3.64.